The highest BCUT2D eigenvalue weighted by Gasteiger charge is 2.57. The van der Waals surface area contributed by atoms with Crippen molar-refractivity contribution >= 4 is 5.82 Å². The number of fused-ring (bicyclic) bond motifs is 1. The molecule has 0 bridgehead atoms. The highest BCUT2D eigenvalue weighted by Crippen LogP contribution is 2.65. The van der Waals surface area contributed by atoms with Crippen LogP contribution in [0, 0.1) is 17.8 Å². The normalized spacial score (nSPS) is 26.6. The average molecular weight is 378 g/mol. The van der Waals surface area contributed by atoms with Crippen molar-refractivity contribution in [1.82, 2.24) is 14.8 Å². The van der Waals surface area contributed by atoms with Crippen LogP contribution in [0.5, 0.6) is 5.75 Å². The summed E-state index contributed by atoms with van der Waals surface area (Å²) in [7, 11) is 0. The third kappa shape index (κ3) is 3.26. The molecule has 2 saturated carbocycles. The molecule has 2 fully saturated rings. The standard InChI is InChI=1S/C19H24F2N4O2/c1-9(2)25-15(17-12-3-10(8-26)4-13(12)17)6-14(24-25)11-5-16(27-19(20)21)18(22)23-7-11/h5-7,9-10,12-13,17,19,26H,3-4,8H2,1-2H3,(H2,22,23)/t10?,12-,13+,17?. The number of nitrogen functional groups attached to an aromatic ring is 1. The van der Waals surface area contributed by atoms with Crippen LogP contribution in [0.1, 0.15) is 44.3 Å². The highest BCUT2D eigenvalue weighted by molar-refractivity contribution is 5.64. The first-order chi connectivity index (χ1) is 12.9. The number of ether oxygens (including phenoxy) is 1. The van der Waals surface area contributed by atoms with E-state index in [4.69, 9.17) is 10.8 Å². The molecular formula is C19H24F2N4O2. The molecule has 2 aromatic rings. The Morgan fingerprint density at radius 3 is 2.59 bits per heavy atom. The molecule has 0 aromatic carbocycles. The molecular weight excluding hydrogens is 354 g/mol. The number of rotatable bonds is 6. The second kappa shape index (κ2) is 6.74. The predicted molar refractivity (Wildman–Crippen MR) is 96.4 cm³/mol. The van der Waals surface area contributed by atoms with Crippen LogP contribution in [0.2, 0.25) is 0 Å². The highest BCUT2D eigenvalue weighted by atomic mass is 19.3. The summed E-state index contributed by atoms with van der Waals surface area (Å²) in [5, 5.41) is 14.1. The van der Waals surface area contributed by atoms with Crippen molar-refractivity contribution in [2.75, 3.05) is 12.3 Å². The van der Waals surface area contributed by atoms with Crippen LogP contribution in [0.25, 0.3) is 11.3 Å². The first-order valence-corrected chi connectivity index (χ1v) is 9.30. The van der Waals surface area contributed by atoms with Gasteiger partial charge in [0.25, 0.3) is 0 Å². The van der Waals surface area contributed by atoms with Crippen LogP contribution < -0.4 is 10.5 Å². The van der Waals surface area contributed by atoms with Gasteiger partial charge in [0.2, 0.25) is 0 Å². The van der Waals surface area contributed by atoms with Gasteiger partial charge in [-0.25, -0.2) is 4.98 Å². The fourth-order valence-electron chi connectivity index (χ4n) is 4.54. The lowest BCUT2D eigenvalue weighted by Gasteiger charge is -2.14. The lowest BCUT2D eigenvalue weighted by Crippen LogP contribution is -2.10. The van der Waals surface area contributed by atoms with E-state index in [0.717, 1.165) is 12.8 Å². The molecule has 0 amide bonds. The summed E-state index contributed by atoms with van der Waals surface area (Å²) >= 11 is 0. The van der Waals surface area contributed by atoms with Crippen molar-refractivity contribution < 1.29 is 18.6 Å². The molecule has 3 N–H and O–H groups in total. The molecule has 6 nitrogen and oxygen atoms in total. The Bertz CT molecular complexity index is 827. The molecule has 2 unspecified atom stereocenters. The minimum Gasteiger partial charge on any atom is -0.431 e. The molecule has 0 radical (unpaired) electrons. The number of aromatic nitrogens is 3. The van der Waals surface area contributed by atoms with Crippen LogP contribution in [0.15, 0.2) is 18.3 Å². The van der Waals surface area contributed by atoms with Crippen LogP contribution >= 0.6 is 0 Å². The van der Waals surface area contributed by atoms with Crippen molar-refractivity contribution in [3.8, 4) is 17.0 Å². The van der Waals surface area contributed by atoms with Gasteiger partial charge in [0.05, 0.1) is 5.69 Å². The molecule has 2 aromatic heterocycles. The van der Waals surface area contributed by atoms with E-state index >= 15 is 0 Å². The molecule has 0 saturated heterocycles. The van der Waals surface area contributed by atoms with Gasteiger partial charge < -0.3 is 15.6 Å². The van der Waals surface area contributed by atoms with Crippen molar-refractivity contribution in [2.45, 2.75) is 45.3 Å². The van der Waals surface area contributed by atoms with Crippen molar-refractivity contribution in [2.24, 2.45) is 17.8 Å². The Balaban J connectivity index is 1.64. The van der Waals surface area contributed by atoms with Gasteiger partial charge in [-0.15, -0.1) is 0 Å². The van der Waals surface area contributed by atoms with Crippen LogP contribution in [-0.2, 0) is 0 Å². The molecule has 2 heterocycles. The van der Waals surface area contributed by atoms with E-state index in [1.54, 1.807) is 0 Å². The molecule has 2 aliphatic carbocycles. The zero-order valence-corrected chi connectivity index (χ0v) is 15.3. The van der Waals surface area contributed by atoms with E-state index in [1.807, 2.05) is 10.7 Å². The molecule has 4 atom stereocenters. The number of aliphatic hydroxyl groups excluding tert-OH is 1. The lowest BCUT2D eigenvalue weighted by atomic mass is 9.99. The SMILES string of the molecule is CC(C)n1nc(-c2cnc(N)c(OC(F)F)c2)cc1C1[C@H]2CC(CO)C[C@@H]12. The third-order valence-corrected chi connectivity index (χ3v) is 5.79. The first-order valence-electron chi connectivity index (χ1n) is 9.30. The fraction of sp³-hybridized carbons (Fsp3) is 0.579. The van der Waals surface area contributed by atoms with Gasteiger partial charge in [-0.1, -0.05) is 0 Å². The monoisotopic (exact) mass is 378 g/mol. The zero-order valence-electron chi connectivity index (χ0n) is 15.3. The second-order valence-electron chi connectivity index (χ2n) is 7.85. The minimum absolute atomic E-state index is 0.0747. The number of halogens is 2. The lowest BCUT2D eigenvalue weighted by molar-refractivity contribution is -0.0494. The summed E-state index contributed by atoms with van der Waals surface area (Å²) in [5.74, 6) is 1.86. The summed E-state index contributed by atoms with van der Waals surface area (Å²) in [4.78, 5) is 3.97. The number of aliphatic hydroxyl groups is 1. The summed E-state index contributed by atoms with van der Waals surface area (Å²) in [6.07, 6.45) is 3.64. The van der Waals surface area contributed by atoms with Crippen molar-refractivity contribution in [3.05, 3.63) is 24.0 Å². The van der Waals surface area contributed by atoms with Crippen molar-refractivity contribution in [3.63, 3.8) is 0 Å². The maximum absolute atomic E-state index is 12.6. The molecule has 27 heavy (non-hydrogen) atoms. The molecule has 8 heteroatoms. The number of hydrogen-bond acceptors (Lipinski definition) is 5. The Morgan fingerprint density at radius 1 is 1.30 bits per heavy atom. The maximum atomic E-state index is 12.6. The summed E-state index contributed by atoms with van der Waals surface area (Å²) in [6.45, 7) is 1.44. The molecule has 4 rings (SSSR count). The number of alkyl halides is 2. The largest absolute Gasteiger partial charge is 0.431 e. The topological polar surface area (TPSA) is 86.2 Å². The van der Waals surface area contributed by atoms with E-state index in [9.17, 15) is 13.9 Å². The van der Waals surface area contributed by atoms with Crippen molar-refractivity contribution in [1.29, 1.82) is 0 Å². The van der Waals surface area contributed by atoms with Gasteiger partial charge in [0.1, 0.15) is 0 Å². The molecule has 146 valence electrons. The number of nitrogens with zero attached hydrogens (tertiary/aromatic N) is 3. The van der Waals surface area contributed by atoms with Gasteiger partial charge in [-0.3, -0.25) is 4.68 Å². The predicted octanol–water partition coefficient (Wildman–Crippen LogP) is 3.44. The Labute approximate surface area is 156 Å². The zero-order chi connectivity index (χ0) is 19.3. The van der Waals surface area contributed by atoms with E-state index in [1.165, 1.54) is 18.0 Å². The maximum Gasteiger partial charge on any atom is 0.387 e. The van der Waals surface area contributed by atoms with Crippen LogP contribution in [0.3, 0.4) is 0 Å². The quantitative estimate of drug-likeness (QED) is 0.804. The van der Waals surface area contributed by atoms with Gasteiger partial charge in [0.15, 0.2) is 11.6 Å². The number of nitrogens with two attached hydrogens (primary N) is 1. The average Bonchev–Trinajstić information content (AvgIpc) is 3.01. The van der Waals surface area contributed by atoms with E-state index < -0.39 is 6.61 Å². The molecule has 0 spiro atoms. The fourth-order valence-corrected chi connectivity index (χ4v) is 4.54. The molecule has 0 aliphatic heterocycles. The Hall–Kier alpha value is -2.22. The second-order valence-corrected chi connectivity index (χ2v) is 7.85. The summed E-state index contributed by atoms with van der Waals surface area (Å²) in [6, 6.07) is 3.67. The van der Waals surface area contributed by atoms with Gasteiger partial charge in [-0.05, 0) is 56.6 Å². The van der Waals surface area contributed by atoms with E-state index in [-0.39, 0.29) is 24.2 Å². The first kappa shape index (κ1) is 18.2. The van der Waals surface area contributed by atoms with E-state index in [2.05, 4.69) is 23.6 Å². The minimum atomic E-state index is -2.96. The summed E-state index contributed by atoms with van der Waals surface area (Å²) < 4.78 is 31.6. The third-order valence-electron chi connectivity index (χ3n) is 5.79. The Kier molecular flexibility index (Phi) is 4.53. The Morgan fingerprint density at radius 2 is 2.00 bits per heavy atom. The number of anilines is 1. The van der Waals surface area contributed by atoms with Crippen LogP contribution in [0.4, 0.5) is 14.6 Å². The number of hydrogen-bond donors (Lipinski definition) is 2. The molecule has 2 aliphatic rings. The van der Waals surface area contributed by atoms with Crippen LogP contribution in [-0.4, -0.2) is 33.1 Å². The van der Waals surface area contributed by atoms with Gasteiger partial charge in [0, 0.05) is 36.0 Å². The van der Waals surface area contributed by atoms with Gasteiger partial charge >= 0.3 is 6.61 Å². The number of pyridine rings is 1. The van der Waals surface area contributed by atoms with E-state index in [0.29, 0.717) is 34.9 Å². The van der Waals surface area contributed by atoms with Gasteiger partial charge in [-0.2, -0.15) is 13.9 Å². The summed E-state index contributed by atoms with van der Waals surface area (Å²) in [5.41, 5.74) is 8.07. The smallest absolute Gasteiger partial charge is 0.387 e.